The highest BCUT2D eigenvalue weighted by atomic mass is 16.5. The molecular weight excluding hydrogens is 352 g/mol. The van der Waals surface area contributed by atoms with Gasteiger partial charge in [0.05, 0.1) is 0 Å². The second-order valence-electron chi connectivity index (χ2n) is 6.38. The molecule has 0 aliphatic heterocycles. The van der Waals surface area contributed by atoms with E-state index >= 15 is 0 Å². The Morgan fingerprint density at radius 3 is 2.21 bits per heavy atom. The van der Waals surface area contributed by atoms with E-state index in [2.05, 4.69) is 5.32 Å². The number of rotatable bonds is 6. The predicted octanol–water partition coefficient (Wildman–Crippen LogP) is 4.11. The van der Waals surface area contributed by atoms with Crippen molar-refractivity contribution in [3.05, 3.63) is 95.6 Å². The van der Waals surface area contributed by atoms with E-state index in [1.807, 2.05) is 48.5 Å². The number of nitrogens with zero attached hydrogens (tertiary/aromatic N) is 1. The zero-order chi connectivity index (χ0) is 19.9. The third-order valence-electron chi connectivity index (χ3n) is 4.27. The van der Waals surface area contributed by atoms with Crippen LogP contribution in [0.3, 0.4) is 0 Å². The lowest BCUT2D eigenvalue weighted by Gasteiger charge is -2.18. The molecule has 3 rings (SSSR count). The molecule has 0 atom stereocenters. The molecule has 142 valence electrons. The van der Waals surface area contributed by atoms with Crippen LogP contribution in [0.4, 0.5) is 0 Å². The van der Waals surface area contributed by atoms with Gasteiger partial charge >= 0.3 is 0 Å². The topological polar surface area (TPSA) is 58.6 Å². The molecule has 0 saturated carbocycles. The third kappa shape index (κ3) is 4.76. The molecule has 0 saturated heterocycles. The quantitative estimate of drug-likeness (QED) is 0.706. The highest BCUT2D eigenvalue weighted by molar-refractivity contribution is 5.95. The first kappa shape index (κ1) is 19.2. The average molecular weight is 374 g/mol. The molecule has 28 heavy (non-hydrogen) atoms. The molecule has 0 radical (unpaired) electrons. The fourth-order valence-electron chi connectivity index (χ4n) is 2.79. The Kier molecular flexibility index (Phi) is 6.07. The van der Waals surface area contributed by atoms with Crippen molar-refractivity contribution in [3.63, 3.8) is 0 Å². The Morgan fingerprint density at radius 1 is 0.857 bits per heavy atom. The first-order chi connectivity index (χ1) is 13.6. The Hall–Kier alpha value is -3.60. The number of carbonyl (C=O) groups excluding carboxylic acids is 2. The van der Waals surface area contributed by atoms with Crippen LogP contribution in [0.15, 0.2) is 78.9 Å². The second-order valence-corrected chi connectivity index (χ2v) is 6.38. The van der Waals surface area contributed by atoms with Crippen molar-refractivity contribution in [1.29, 1.82) is 0 Å². The molecule has 3 aromatic rings. The van der Waals surface area contributed by atoms with E-state index < -0.39 is 0 Å². The van der Waals surface area contributed by atoms with Crippen molar-refractivity contribution in [2.45, 2.75) is 6.54 Å². The molecule has 1 N–H and O–H groups in total. The molecule has 0 unspecified atom stereocenters. The van der Waals surface area contributed by atoms with Crippen molar-refractivity contribution in [1.82, 2.24) is 10.2 Å². The molecule has 0 aromatic heterocycles. The summed E-state index contributed by atoms with van der Waals surface area (Å²) in [6, 6.07) is 23.8. The first-order valence-corrected chi connectivity index (χ1v) is 8.96. The summed E-state index contributed by atoms with van der Waals surface area (Å²) >= 11 is 0. The van der Waals surface area contributed by atoms with E-state index in [1.165, 1.54) is 0 Å². The summed E-state index contributed by atoms with van der Waals surface area (Å²) in [5.74, 6) is 1.09. The zero-order valence-electron chi connectivity index (χ0n) is 15.9. The van der Waals surface area contributed by atoms with Gasteiger partial charge in [0.15, 0.2) is 0 Å². The van der Waals surface area contributed by atoms with Crippen LogP contribution in [-0.4, -0.2) is 30.8 Å². The minimum absolute atomic E-state index is 0.103. The van der Waals surface area contributed by atoms with Gasteiger partial charge in [-0.25, -0.2) is 0 Å². The van der Waals surface area contributed by atoms with E-state index in [-0.39, 0.29) is 11.8 Å². The van der Waals surface area contributed by atoms with Crippen molar-refractivity contribution in [3.8, 4) is 11.5 Å². The minimum atomic E-state index is -0.133. The maximum atomic E-state index is 12.8. The van der Waals surface area contributed by atoms with Gasteiger partial charge in [-0.3, -0.25) is 9.59 Å². The van der Waals surface area contributed by atoms with Crippen molar-refractivity contribution in [2.75, 3.05) is 14.1 Å². The van der Waals surface area contributed by atoms with Crippen molar-refractivity contribution >= 4 is 11.8 Å². The van der Waals surface area contributed by atoms with Gasteiger partial charge in [0.25, 0.3) is 11.8 Å². The minimum Gasteiger partial charge on any atom is -0.457 e. The number of para-hydroxylation sites is 1. The van der Waals surface area contributed by atoms with E-state index in [9.17, 15) is 9.59 Å². The average Bonchev–Trinajstić information content (AvgIpc) is 2.74. The summed E-state index contributed by atoms with van der Waals surface area (Å²) in [5.41, 5.74) is 2.09. The van der Waals surface area contributed by atoms with Crippen LogP contribution in [0.2, 0.25) is 0 Å². The van der Waals surface area contributed by atoms with Gasteiger partial charge in [-0.05, 0) is 48.0 Å². The SMILES string of the molecule is CNC(=O)c1ccc(CN(C)C(=O)c2cccc(Oc3ccccc3)c2)cc1. The van der Waals surface area contributed by atoms with Crippen LogP contribution >= 0.6 is 0 Å². The second kappa shape index (κ2) is 8.86. The van der Waals surface area contributed by atoms with Gasteiger partial charge in [0.2, 0.25) is 0 Å². The Morgan fingerprint density at radius 2 is 1.54 bits per heavy atom. The number of hydrogen-bond acceptors (Lipinski definition) is 3. The summed E-state index contributed by atoms with van der Waals surface area (Å²) in [4.78, 5) is 26.0. The van der Waals surface area contributed by atoms with Crippen molar-refractivity contribution in [2.24, 2.45) is 0 Å². The molecule has 0 fully saturated rings. The van der Waals surface area contributed by atoms with Crippen LogP contribution in [0.5, 0.6) is 11.5 Å². The van der Waals surface area contributed by atoms with Gasteiger partial charge < -0.3 is 15.0 Å². The number of amides is 2. The largest absolute Gasteiger partial charge is 0.457 e. The Labute approximate surface area is 164 Å². The van der Waals surface area contributed by atoms with Crippen LogP contribution in [0, 0.1) is 0 Å². The molecule has 0 spiro atoms. The number of ether oxygens (including phenoxy) is 1. The van der Waals surface area contributed by atoms with E-state index in [1.54, 1.807) is 49.3 Å². The van der Waals surface area contributed by atoms with Gasteiger partial charge in [-0.15, -0.1) is 0 Å². The molecule has 5 nitrogen and oxygen atoms in total. The molecule has 2 amide bonds. The number of carbonyl (C=O) groups is 2. The number of hydrogen-bond donors (Lipinski definition) is 1. The zero-order valence-corrected chi connectivity index (χ0v) is 15.9. The van der Waals surface area contributed by atoms with Gasteiger partial charge in [-0.2, -0.15) is 0 Å². The third-order valence-corrected chi connectivity index (χ3v) is 4.27. The highest BCUT2D eigenvalue weighted by Crippen LogP contribution is 2.22. The lowest BCUT2D eigenvalue weighted by atomic mass is 10.1. The van der Waals surface area contributed by atoms with E-state index in [4.69, 9.17) is 4.74 Å². The molecule has 0 heterocycles. The summed E-state index contributed by atoms with van der Waals surface area (Å²) in [6.45, 7) is 0.441. The van der Waals surface area contributed by atoms with Crippen LogP contribution in [-0.2, 0) is 6.54 Å². The maximum absolute atomic E-state index is 12.8. The predicted molar refractivity (Wildman–Crippen MR) is 109 cm³/mol. The summed E-state index contributed by atoms with van der Waals surface area (Å²) in [5, 5.41) is 2.59. The summed E-state index contributed by atoms with van der Waals surface area (Å²) < 4.78 is 5.80. The van der Waals surface area contributed by atoms with Gasteiger partial charge in [0, 0.05) is 31.8 Å². The smallest absolute Gasteiger partial charge is 0.254 e. The lowest BCUT2D eigenvalue weighted by molar-refractivity contribution is 0.0784. The summed E-state index contributed by atoms with van der Waals surface area (Å²) in [7, 11) is 3.35. The standard InChI is InChI=1S/C23H22N2O3/c1-24-22(26)18-13-11-17(12-14-18)16-25(2)23(27)19-7-6-10-21(15-19)28-20-8-4-3-5-9-20/h3-15H,16H2,1-2H3,(H,24,26). The van der Waals surface area contributed by atoms with Crippen molar-refractivity contribution < 1.29 is 14.3 Å². The summed E-state index contributed by atoms with van der Waals surface area (Å²) in [6.07, 6.45) is 0. The molecule has 3 aromatic carbocycles. The van der Waals surface area contributed by atoms with Gasteiger partial charge in [0.1, 0.15) is 11.5 Å². The fraction of sp³-hybridized carbons (Fsp3) is 0.130. The van der Waals surface area contributed by atoms with Crippen LogP contribution < -0.4 is 10.1 Å². The van der Waals surface area contributed by atoms with Crippen LogP contribution in [0.1, 0.15) is 26.3 Å². The number of benzene rings is 3. The maximum Gasteiger partial charge on any atom is 0.254 e. The molecular formula is C23H22N2O3. The monoisotopic (exact) mass is 374 g/mol. The Bertz CT molecular complexity index is 953. The molecule has 0 aliphatic rings. The fourth-order valence-corrected chi connectivity index (χ4v) is 2.79. The van der Waals surface area contributed by atoms with Gasteiger partial charge in [-0.1, -0.05) is 36.4 Å². The normalized spacial score (nSPS) is 10.2. The molecule has 0 aliphatic carbocycles. The van der Waals surface area contributed by atoms with Crippen LogP contribution in [0.25, 0.3) is 0 Å². The number of nitrogens with one attached hydrogen (secondary N) is 1. The molecule has 5 heteroatoms. The Balaban J connectivity index is 1.67. The molecule has 0 bridgehead atoms. The first-order valence-electron chi connectivity index (χ1n) is 8.96. The van der Waals surface area contributed by atoms with E-state index in [0.717, 1.165) is 11.3 Å². The highest BCUT2D eigenvalue weighted by Gasteiger charge is 2.13. The van der Waals surface area contributed by atoms with E-state index in [0.29, 0.717) is 23.4 Å². The lowest BCUT2D eigenvalue weighted by Crippen LogP contribution is -2.26.